The number of alkyl halides is 1. The molecule has 0 aliphatic carbocycles. The van der Waals surface area contributed by atoms with Crippen LogP contribution in [0.5, 0.6) is 5.75 Å². The summed E-state index contributed by atoms with van der Waals surface area (Å²) in [4.78, 5) is 14.1. The average Bonchev–Trinajstić information content (AvgIpc) is 2.36. The highest BCUT2D eigenvalue weighted by Gasteiger charge is 2.32. The largest absolute Gasteiger partial charge is 0.482 e. The molecule has 1 aliphatic heterocycles. The quantitative estimate of drug-likeness (QED) is 0.705. The van der Waals surface area contributed by atoms with Gasteiger partial charge < -0.3 is 9.64 Å². The fourth-order valence-electron chi connectivity index (χ4n) is 2.15. The number of fused-ring (bicyclic) bond motifs is 1. The third kappa shape index (κ3) is 3.37. The number of nitrogens with zero attached hydrogens (tertiary/aromatic N) is 1. The minimum absolute atomic E-state index is 0.0193. The maximum Gasteiger partial charge on any atom is 0.265 e. The van der Waals surface area contributed by atoms with Crippen molar-refractivity contribution >= 4 is 43.5 Å². The summed E-state index contributed by atoms with van der Waals surface area (Å²) in [6, 6.07) is 5.78. The standard InChI is InChI=1S/C15H19Br2NO2/c1-15(2,3)10(7-16)8-18-12-6-11(17)4-5-13(12)20-9-14(18)19/h4-6,10H,7-9H2,1-3H3. The Balaban J connectivity index is 2.32. The summed E-state index contributed by atoms with van der Waals surface area (Å²) >= 11 is 7.03. The first-order valence-electron chi connectivity index (χ1n) is 6.61. The molecule has 0 spiro atoms. The highest BCUT2D eigenvalue weighted by atomic mass is 79.9. The van der Waals surface area contributed by atoms with E-state index in [-0.39, 0.29) is 17.9 Å². The summed E-state index contributed by atoms with van der Waals surface area (Å²) in [5.41, 5.74) is 0.986. The molecule has 1 heterocycles. The summed E-state index contributed by atoms with van der Waals surface area (Å²) in [6.07, 6.45) is 0. The van der Waals surface area contributed by atoms with Crippen LogP contribution in [0.3, 0.4) is 0 Å². The van der Waals surface area contributed by atoms with Gasteiger partial charge in [0.05, 0.1) is 5.69 Å². The van der Waals surface area contributed by atoms with E-state index >= 15 is 0 Å². The molecule has 1 atom stereocenters. The molecular formula is C15H19Br2NO2. The molecule has 1 unspecified atom stereocenters. The van der Waals surface area contributed by atoms with Gasteiger partial charge in [0, 0.05) is 16.3 Å². The van der Waals surface area contributed by atoms with Gasteiger partial charge in [-0.25, -0.2) is 0 Å². The second-order valence-electron chi connectivity index (χ2n) is 6.12. The summed E-state index contributed by atoms with van der Waals surface area (Å²) in [7, 11) is 0. The number of rotatable bonds is 3. The number of carbonyl (C=O) groups is 1. The smallest absolute Gasteiger partial charge is 0.265 e. The minimum Gasteiger partial charge on any atom is -0.482 e. The van der Waals surface area contributed by atoms with Crippen LogP contribution in [-0.2, 0) is 4.79 Å². The Morgan fingerprint density at radius 1 is 1.40 bits per heavy atom. The molecule has 2 rings (SSSR count). The number of anilines is 1. The van der Waals surface area contributed by atoms with Crippen molar-refractivity contribution in [1.82, 2.24) is 0 Å². The topological polar surface area (TPSA) is 29.5 Å². The summed E-state index contributed by atoms with van der Waals surface area (Å²) in [5.74, 6) is 1.16. The van der Waals surface area contributed by atoms with Crippen molar-refractivity contribution in [3.63, 3.8) is 0 Å². The molecule has 0 fully saturated rings. The Hall–Kier alpha value is -0.550. The van der Waals surface area contributed by atoms with Gasteiger partial charge in [-0.1, -0.05) is 52.6 Å². The highest BCUT2D eigenvalue weighted by molar-refractivity contribution is 9.10. The molecule has 0 aromatic heterocycles. The lowest BCUT2D eigenvalue weighted by Crippen LogP contribution is -2.44. The van der Waals surface area contributed by atoms with E-state index < -0.39 is 0 Å². The SMILES string of the molecule is CC(C)(C)C(CBr)CN1C(=O)COc2ccc(Br)cc21. The summed E-state index contributed by atoms with van der Waals surface area (Å²) in [5, 5.41) is 0.866. The average molecular weight is 405 g/mol. The molecule has 0 saturated carbocycles. The Morgan fingerprint density at radius 3 is 2.70 bits per heavy atom. The highest BCUT2D eigenvalue weighted by Crippen LogP contribution is 2.37. The third-order valence-corrected chi connectivity index (χ3v) is 4.95. The van der Waals surface area contributed by atoms with Crippen LogP contribution in [0.15, 0.2) is 22.7 Å². The van der Waals surface area contributed by atoms with Crippen LogP contribution in [0.25, 0.3) is 0 Å². The number of hydrogen-bond donors (Lipinski definition) is 0. The number of benzene rings is 1. The zero-order valence-electron chi connectivity index (χ0n) is 12.0. The lowest BCUT2D eigenvalue weighted by molar-refractivity contribution is -0.121. The molecule has 1 aromatic carbocycles. The second-order valence-corrected chi connectivity index (χ2v) is 7.69. The Labute approximate surface area is 136 Å². The maximum absolute atomic E-state index is 12.2. The summed E-state index contributed by atoms with van der Waals surface area (Å²) < 4.78 is 6.45. The molecule has 20 heavy (non-hydrogen) atoms. The van der Waals surface area contributed by atoms with E-state index in [1.54, 1.807) is 0 Å². The van der Waals surface area contributed by atoms with Crippen molar-refractivity contribution in [3.8, 4) is 5.75 Å². The van der Waals surface area contributed by atoms with Crippen LogP contribution in [0, 0.1) is 11.3 Å². The monoisotopic (exact) mass is 403 g/mol. The lowest BCUT2D eigenvalue weighted by Gasteiger charge is -2.36. The van der Waals surface area contributed by atoms with Crippen molar-refractivity contribution in [2.45, 2.75) is 20.8 Å². The molecule has 0 bridgehead atoms. The molecule has 0 radical (unpaired) electrons. The fraction of sp³-hybridized carbons (Fsp3) is 0.533. The predicted molar refractivity (Wildman–Crippen MR) is 88.7 cm³/mol. The van der Waals surface area contributed by atoms with Gasteiger partial charge in [-0.3, -0.25) is 4.79 Å². The zero-order chi connectivity index (χ0) is 14.9. The van der Waals surface area contributed by atoms with Gasteiger partial charge in [-0.05, 0) is 29.5 Å². The third-order valence-electron chi connectivity index (χ3n) is 3.68. The van der Waals surface area contributed by atoms with Gasteiger partial charge in [0.25, 0.3) is 5.91 Å². The first-order valence-corrected chi connectivity index (χ1v) is 8.53. The predicted octanol–water partition coefficient (Wildman–Crippen LogP) is 4.23. The first kappa shape index (κ1) is 15.8. The molecule has 1 aliphatic rings. The van der Waals surface area contributed by atoms with Crippen LogP contribution in [0.1, 0.15) is 20.8 Å². The Kier molecular flexibility index (Phi) is 4.80. The molecular weight excluding hydrogens is 386 g/mol. The Bertz CT molecular complexity index is 511. The first-order chi connectivity index (χ1) is 9.32. The normalized spacial score (nSPS) is 16.6. The molecule has 110 valence electrons. The van der Waals surface area contributed by atoms with Crippen LogP contribution in [0.2, 0.25) is 0 Å². The number of ether oxygens (including phenoxy) is 1. The molecule has 1 amide bonds. The number of amides is 1. The van der Waals surface area contributed by atoms with Crippen molar-refractivity contribution in [1.29, 1.82) is 0 Å². The van der Waals surface area contributed by atoms with Gasteiger partial charge in [0.2, 0.25) is 0 Å². The number of carbonyl (C=O) groups excluding carboxylic acids is 1. The van der Waals surface area contributed by atoms with E-state index in [1.165, 1.54) is 0 Å². The van der Waals surface area contributed by atoms with E-state index in [0.717, 1.165) is 21.2 Å². The van der Waals surface area contributed by atoms with Gasteiger partial charge in [0.15, 0.2) is 6.61 Å². The molecule has 5 heteroatoms. The van der Waals surface area contributed by atoms with Crippen molar-refractivity contribution in [2.24, 2.45) is 11.3 Å². The van der Waals surface area contributed by atoms with Crippen molar-refractivity contribution in [2.75, 3.05) is 23.4 Å². The van der Waals surface area contributed by atoms with Gasteiger partial charge in [-0.2, -0.15) is 0 Å². The van der Waals surface area contributed by atoms with E-state index in [2.05, 4.69) is 52.6 Å². The minimum atomic E-state index is 0.0193. The van der Waals surface area contributed by atoms with Gasteiger partial charge in [-0.15, -0.1) is 0 Å². The maximum atomic E-state index is 12.2. The van der Waals surface area contributed by atoms with Crippen molar-refractivity contribution < 1.29 is 9.53 Å². The van der Waals surface area contributed by atoms with Crippen LogP contribution < -0.4 is 9.64 Å². The molecule has 3 nitrogen and oxygen atoms in total. The van der Waals surface area contributed by atoms with Crippen molar-refractivity contribution in [3.05, 3.63) is 22.7 Å². The van der Waals surface area contributed by atoms with Crippen LogP contribution in [0.4, 0.5) is 5.69 Å². The van der Waals surface area contributed by atoms with E-state index in [9.17, 15) is 4.79 Å². The van der Waals surface area contributed by atoms with E-state index in [0.29, 0.717) is 12.5 Å². The molecule has 0 N–H and O–H groups in total. The van der Waals surface area contributed by atoms with E-state index in [4.69, 9.17) is 4.74 Å². The fourth-order valence-corrected chi connectivity index (χ4v) is 3.67. The zero-order valence-corrected chi connectivity index (χ0v) is 15.1. The van der Waals surface area contributed by atoms with Crippen LogP contribution >= 0.6 is 31.9 Å². The summed E-state index contributed by atoms with van der Waals surface area (Å²) in [6.45, 7) is 7.41. The number of hydrogen-bond acceptors (Lipinski definition) is 2. The molecule has 1 aromatic rings. The number of halogens is 2. The van der Waals surface area contributed by atoms with Crippen LogP contribution in [-0.4, -0.2) is 24.4 Å². The van der Waals surface area contributed by atoms with Gasteiger partial charge >= 0.3 is 0 Å². The molecule has 0 saturated heterocycles. The second kappa shape index (κ2) is 6.06. The Morgan fingerprint density at radius 2 is 2.10 bits per heavy atom. The van der Waals surface area contributed by atoms with E-state index in [1.807, 2.05) is 23.1 Å². The lowest BCUT2D eigenvalue weighted by atomic mass is 9.81. The van der Waals surface area contributed by atoms with Gasteiger partial charge in [0.1, 0.15) is 5.75 Å².